The van der Waals surface area contributed by atoms with Crippen LogP contribution in [-0.4, -0.2) is 30.3 Å². The molecule has 0 unspecified atom stereocenters. The fourth-order valence-corrected chi connectivity index (χ4v) is 1.66. The van der Waals surface area contributed by atoms with Gasteiger partial charge in [0.25, 0.3) is 0 Å². The molecule has 18 heavy (non-hydrogen) atoms. The Kier molecular flexibility index (Phi) is 6.01. The fraction of sp³-hybridized carbons (Fsp3) is 0.267. The lowest BCUT2D eigenvalue weighted by atomic mass is 10.1. The Hall–Kier alpha value is -1.74. The van der Waals surface area contributed by atoms with Crippen LogP contribution in [0.1, 0.15) is 16.8 Å². The molecule has 0 atom stereocenters. The molecule has 1 aromatic carbocycles. The Labute approximate surface area is 107 Å². The molecule has 2 nitrogen and oxygen atoms in total. The van der Waals surface area contributed by atoms with Gasteiger partial charge < -0.3 is 0 Å². The van der Waals surface area contributed by atoms with E-state index in [4.69, 9.17) is 0 Å². The maximum absolute atomic E-state index is 12.7. The second kappa shape index (κ2) is 7.56. The van der Waals surface area contributed by atoms with Crippen molar-refractivity contribution in [3.8, 4) is 0 Å². The van der Waals surface area contributed by atoms with Gasteiger partial charge in [-0.15, -0.1) is 13.2 Å². The molecule has 0 fully saturated rings. The molecule has 96 valence electrons. The van der Waals surface area contributed by atoms with Crippen molar-refractivity contribution in [2.75, 3.05) is 19.6 Å². The second-order valence-electron chi connectivity index (χ2n) is 4.02. The lowest BCUT2D eigenvalue weighted by Gasteiger charge is -2.17. The Morgan fingerprint density at radius 3 is 2.22 bits per heavy atom. The molecule has 0 radical (unpaired) electrons. The first-order valence-corrected chi connectivity index (χ1v) is 5.90. The molecule has 0 saturated carbocycles. The van der Waals surface area contributed by atoms with Gasteiger partial charge in [0.05, 0.1) is 0 Å². The zero-order chi connectivity index (χ0) is 13.4. The summed E-state index contributed by atoms with van der Waals surface area (Å²) in [6.07, 6.45) is 4.01. The highest BCUT2D eigenvalue weighted by molar-refractivity contribution is 5.96. The number of benzene rings is 1. The van der Waals surface area contributed by atoms with Gasteiger partial charge in [-0.2, -0.15) is 0 Å². The van der Waals surface area contributed by atoms with Crippen LogP contribution < -0.4 is 0 Å². The fourth-order valence-electron chi connectivity index (χ4n) is 1.66. The maximum atomic E-state index is 12.7. The molecule has 1 rings (SSSR count). The molecule has 0 spiro atoms. The van der Waals surface area contributed by atoms with E-state index in [9.17, 15) is 9.18 Å². The third-order valence-electron chi connectivity index (χ3n) is 2.60. The van der Waals surface area contributed by atoms with Gasteiger partial charge in [0, 0.05) is 31.6 Å². The van der Waals surface area contributed by atoms with E-state index < -0.39 is 0 Å². The van der Waals surface area contributed by atoms with Crippen molar-refractivity contribution < 1.29 is 9.18 Å². The SMILES string of the molecule is C=CCN(CC=C)CCC(=O)c1ccc(F)cc1. The quantitative estimate of drug-likeness (QED) is 0.520. The largest absolute Gasteiger partial charge is 0.296 e. The van der Waals surface area contributed by atoms with Crippen LogP contribution >= 0.6 is 0 Å². The molecular weight excluding hydrogens is 229 g/mol. The molecule has 1 aromatic rings. The van der Waals surface area contributed by atoms with Gasteiger partial charge in [0.2, 0.25) is 0 Å². The summed E-state index contributed by atoms with van der Waals surface area (Å²) in [6, 6.07) is 5.64. The summed E-state index contributed by atoms with van der Waals surface area (Å²) < 4.78 is 12.7. The van der Waals surface area contributed by atoms with Gasteiger partial charge in [-0.1, -0.05) is 12.2 Å². The Balaban J connectivity index is 2.51. The van der Waals surface area contributed by atoms with Crippen LogP contribution in [0, 0.1) is 5.82 Å². The van der Waals surface area contributed by atoms with E-state index in [0.29, 0.717) is 18.5 Å². The van der Waals surface area contributed by atoms with Crippen LogP contribution in [-0.2, 0) is 0 Å². The molecule has 3 heteroatoms. The van der Waals surface area contributed by atoms with Crippen molar-refractivity contribution in [3.05, 3.63) is 61.0 Å². The molecule has 0 aromatic heterocycles. The van der Waals surface area contributed by atoms with Crippen molar-refractivity contribution in [2.24, 2.45) is 0 Å². The molecule has 0 N–H and O–H groups in total. The minimum atomic E-state index is -0.327. The number of hydrogen-bond donors (Lipinski definition) is 0. The zero-order valence-electron chi connectivity index (χ0n) is 10.4. The Morgan fingerprint density at radius 1 is 1.17 bits per heavy atom. The topological polar surface area (TPSA) is 20.3 Å². The normalized spacial score (nSPS) is 10.3. The van der Waals surface area contributed by atoms with Gasteiger partial charge in [0.1, 0.15) is 5.82 Å². The van der Waals surface area contributed by atoms with Crippen molar-refractivity contribution in [3.63, 3.8) is 0 Å². The maximum Gasteiger partial charge on any atom is 0.164 e. The minimum Gasteiger partial charge on any atom is -0.296 e. The van der Waals surface area contributed by atoms with Crippen LogP contribution in [0.5, 0.6) is 0 Å². The second-order valence-corrected chi connectivity index (χ2v) is 4.02. The number of ketones is 1. The van der Waals surface area contributed by atoms with E-state index in [-0.39, 0.29) is 11.6 Å². The van der Waals surface area contributed by atoms with Crippen molar-refractivity contribution in [1.29, 1.82) is 0 Å². The van der Waals surface area contributed by atoms with Crippen molar-refractivity contribution >= 4 is 5.78 Å². The molecule has 0 saturated heterocycles. The highest BCUT2D eigenvalue weighted by atomic mass is 19.1. The third kappa shape index (κ3) is 4.63. The predicted octanol–water partition coefficient (Wildman–Crippen LogP) is 3.07. The van der Waals surface area contributed by atoms with Gasteiger partial charge in [-0.25, -0.2) is 4.39 Å². The molecule has 0 aliphatic rings. The molecule has 0 aliphatic heterocycles. The first-order valence-electron chi connectivity index (χ1n) is 5.90. The summed E-state index contributed by atoms with van der Waals surface area (Å²) >= 11 is 0. The number of carbonyl (C=O) groups excluding carboxylic acids is 1. The summed E-state index contributed by atoms with van der Waals surface area (Å²) in [7, 11) is 0. The lowest BCUT2D eigenvalue weighted by Crippen LogP contribution is -2.26. The summed E-state index contributed by atoms with van der Waals surface area (Å²) in [5.74, 6) is -0.306. The number of Topliss-reactive ketones (excluding diaryl/α,β-unsaturated/α-hetero) is 1. The highest BCUT2D eigenvalue weighted by Gasteiger charge is 2.08. The van der Waals surface area contributed by atoms with Gasteiger partial charge in [-0.3, -0.25) is 9.69 Å². The van der Waals surface area contributed by atoms with Crippen molar-refractivity contribution in [2.45, 2.75) is 6.42 Å². The smallest absolute Gasteiger partial charge is 0.164 e. The van der Waals surface area contributed by atoms with Gasteiger partial charge in [0.15, 0.2) is 5.78 Å². The number of hydrogen-bond acceptors (Lipinski definition) is 2. The van der Waals surface area contributed by atoms with Gasteiger partial charge in [-0.05, 0) is 24.3 Å². The van der Waals surface area contributed by atoms with Crippen LogP contribution in [0.3, 0.4) is 0 Å². The van der Waals surface area contributed by atoms with Crippen LogP contribution in [0.15, 0.2) is 49.6 Å². The van der Waals surface area contributed by atoms with Crippen molar-refractivity contribution in [1.82, 2.24) is 4.90 Å². The predicted molar refractivity (Wildman–Crippen MR) is 72.2 cm³/mol. The van der Waals surface area contributed by atoms with Crippen LogP contribution in [0.25, 0.3) is 0 Å². The molecule has 0 bridgehead atoms. The average molecular weight is 247 g/mol. The third-order valence-corrected chi connectivity index (χ3v) is 2.60. The summed E-state index contributed by atoms with van der Waals surface area (Å²) in [5, 5.41) is 0. The zero-order valence-corrected chi connectivity index (χ0v) is 10.4. The first-order chi connectivity index (χ1) is 8.67. The Morgan fingerprint density at radius 2 is 1.72 bits per heavy atom. The van der Waals surface area contributed by atoms with E-state index in [2.05, 4.69) is 18.1 Å². The van der Waals surface area contributed by atoms with E-state index >= 15 is 0 Å². The minimum absolute atomic E-state index is 0.0214. The van der Waals surface area contributed by atoms with E-state index in [0.717, 1.165) is 13.1 Å². The van der Waals surface area contributed by atoms with E-state index in [1.165, 1.54) is 24.3 Å². The number of carbonyl (C=O) groups is 1. The van der Waals surface area contributed by atoms with E-state index in [1.807, 2.05) is 0 Å². The molecule has 0 amide bonds. The molecular formula is C15H18FNO. The first kappa shape index (κ1) is 14.3. The number of nitrogens with zero attached hydrogens (tertiary/aromatic N) is 1. The number of halogens is 1. The van der Waals surface area contributed by atoms with Gasteiger partial charge >= 0.3 is 0 Å². The monoisotopic (exact) mass is 247 g/mol. The average Bonchev–Trinajstić information content (AvgIpc) is 2.37. The Bertz CT molecular complexity index is 401. The standard InChI is InChI=1S/C15H18FNO/c1-3-10-17(11-4-2)12-9-15(18)13-5-7-14(16)8-6-13/h3-8H,1-2,9-12H2. The molecule has 0 heterocycles. The van der Waals surface area contributed by atoms with Crippen LogP contribution in [0.4, 0.5) is 4.39 Å². The van der Waals surface area contributed by atoms with Crippen LogP contribution in [0.2, 0.25) is 0 Å². The highest BCUT2D eigenvalue weighted by Crippen LogP contribution is 2.06. The van der Waals surface area contributed by atoms with E-state index in [1.54, 1.807) is 12.2 Å². The summed E-state index contributed by atoms with van der Waals surface area (Å²) in [5.41, 5.74) is 0.550. The summed E-state index contributed by atoms with van der Waals surface area (Å²) in [4.78, 5) is 13.9. The molecule has 0 aliphatic carbocycles. The lowest BCUT2D eigenvalue weighted by molar-refractivity contribution is 0.0968. The number of rotatable bonds is 8. The summed E-state index contributed by atoms with van der Waals surface area (Å²) in [6.45, 7) is 9.45.